The quantitative estimate of drug-likeness (QED) is 0.291. The number of aromatic nitrogens is 2. The number of halogens is 1. The van der Waals surface area contributed by atoms with Crippen molar-refractivity contribution in [2.45, 2.75) is 20.1 Å². The Morgan fingerprint density at radius 1 is 1.12 bits per heavy atom. The summed E-state index contributed by atoms with van der Waals surface area (Å²) < 4.78 is 20.4. The largest absolute Gasteiger partial charge is 0.489 e. The molecule has 1 N–H and O–H groups in total. The van der Waals surface area contributed by atoms with Gasteiger partial charge in [-0.05, 0) is 54.4 Å². The standard InChI is InChI=1S/C25H21FN4O4/c1-17-11-23(9-10-24(17)30(32)33)34-16-19-3-2-4-20(12-19)25(31)28-22-13-27-29(15-22)14-18-5-7-21(26)8-6-18/h2-13,15H,14,16H2,1H3,(H,28,31). The van der Waals surface area contributed by atoms with E-state index in [1.165, 1.54) is 18.2 Å². The number of hydrogen-bond acceptors (Lipinski definition) is 5. The zero-order valence-electron chi connectivity index (χ0n) is 18.3. The van der Waals surface area contributed by atoms with E-state index in [2.05, 4.69) is 10.4 Å². The highest BCUT2D eigenvalue weighted by atomic mass is 19.1. The van der Waals surface area contributed by atoms with Crippen LogP contribution >= 0.6 is 0 Å². The molecule has 0 atom stereocenters. The van der Waals surface area contributed by atoms with Crippen LogP contribution in [0, 0.1) is 22.9 Å². The van der Waals surface area contributed by atoms with Gasteiger partial charge in [-0.3, -0.25) is 19.6 Å². The second-order valence-corrected chi connectivity index (χ2v) is 7.70. The van der Waals surface area contributed by atoms with Crippen LogP contribution in [-0.2, 0) is 13.2 Å². The average molecular weight is 460 g/mol. The Bertz CT molecular complexity index is 1340. The summed E-state index contributed by atoms with van der Waals surface area (Å²) in [6.07, 6.45) is 3.25. The minimum atomic E-state index is -0.437. The first-order valence-electron chi connectivity index (χ1n) is 10.4. The van der Waals surface area contributed by atoms with Crippen molar-refractivity contribution in [1.29, 1.82) is 0 Å². The number of benzene rings is 3. The first kappa shape index (κ1) is 22.7. The van der Waals surface area contributed by atoms with Crippen LogP contribution in [-0.4, -0.2) is 20.6 Å². The molecule has 1 aromatic heterocycles. The summed E-state index contributed by atoms with van der Waals surface area (Å²) in [5, 5.41) is 18.0. The fourth-order valence-corrected chi connectivity index (χ4v) is 3.39. The number of anilines is 1. The molecular formula is C25H21FN4O4. The van der Waals surface area contributed by atoms with Crippen molar-refractivity contribution in [3.63, 3.8) is 0 Å². The predicted molar refractivity (Wildman–Crippen MR) is 124 cm³/mol. The number of nitro benzene ring substituents is 1. The van der Waals surface area contributed by atoms with Gasteiger partial charge in [0, 0.05) is 23.4 Å². The molecule has 0 fully saturated rings. The highest BCUT2D eigenvalue weighted by molar-refractivity contribution is 6.04. The smallest absolute Gasteiger partial charge is 0.272 e. The van der Waals surface area contributed by atoms with Gasteiger partial charge in [0.15, 0.2) is 0 Å². The van der Waals surface area contributed by atoms with E-state index in [0.717, 1.165) is 11.1 Å². The van der Waals surface area contributed by atoms with Crippen molar-refractivity contribution < 1.29 is 18.8 Å². The zero-order chi connectivity index (χ0) is 24.1. The van der Waals surface area contributed by atoms with Gasteiger partial charge in [0.05, 0.1) is 23.4 Å². The summed E-state index contributed by atoms with van der Waals surface area (Å²) in [4.78, 5) is 23.2. The maximum Gasteiger partial charge on any atom is 0.272 e. The maximum absolute atomic E-state index is 13.1. The van der Waals surface area contributed by atoms with Crippen LogP contribution < -0.4 is 10.1 Å². The molecule has 0 spiro atoms. The Morgan fingerprint density at radius 3 is 2.65 bits per heavy atom. The molecule has 0 saturated carbocycles. The van der Waals surface area contributed by atoms with Crippen LogP contribution in [0.15, 0.2) is 79.1 Å². The third-order valence-electron chi connectivity index (χ3n) is 5.11. The number of nitrogens with one attached hydrogen (secondary N) is 1. The molecule has 0 saturated heterocycles. The SMILES string of the molecule is Cc1cc(OCc2cccc(C(=O)Nc3cnn(Cc4ccc(F)cc4)c3)c2)ccc1[N+](=O)[O-]. The zero-order valence-corrected chi connectivity index (χ0v) is 18.3. The number of carbonyl (C=O) groups excluding carboxylic acids is 1. The molecule has 1 heterocycles. The summed E-state index contributed by atoms with van der Waals surface area (Å²) >= 11 is 0. The number of carbonyl (C=O) groups is 1. The van der Waals surface area contributed by atoms with E-state index < -0.39 is 4.92 Å². The summed E-state index contributed by atoms with van der Waals surface area (Å²) in [5.74, 6) is -0.0893. The van der Waals surface area contributed by atoms with Gasteiger partial charge in [0.25, 0.3) is 11.6 Å². The number of aryl methyl sites for hydroxylation is 1. The van der Waals surface area contributed by atoms with Crippen molar-refractivity contribution >= 4 is 17.3 Å². The second kappa shape index (κ2) is 9.95. The molecule has 8 nitrogen and oxygen atoms in total. The number of amides is 1. The van der Waals surface area contributed by atoms with Crippen molar-refractivity contribution in [2.24, 2.45) is 0 Å². The highest BCUT2D eigenvalue weighted by Crippen LogP contribution is 2.24. The van der Waals surface area contributed by atoms with E-state index >= 15 is 0 Å². The molecular weight excluding hydrogens is 439 g/mol. The van der Waals surface area contributed by atoms with E-state index in [0.29, 0.717) is 29.1 Å². The lowest BCUT2D eigenvalue weighted by atomic mass is 10.1. The second-order valence-electron chi connectivity index (χ2n) is 7.70. The molecule has 0 bridgehead atoms. The monoisotopic (exact) mass is 460 g/mol. The lowest BCUT2D eigenvalue weighted by Gasteiger charge is -2.09. The molecule has 0 aliphatic heterocycles. The number of nitrogens with zero attached hydrogens (tertiary/aromatic N) is 3. The molecule has 9 heteroatoms. The molecule has 1 amide bonds. The van der Waals surface area contributed by atoms with Crippen molar-refractivity contribution in [2.75, 3.05) is 5.32 Å². The predicted octanol–water partition coefficient (Wildman–Crippen LogP) is 5.12. The summed E-state index contributed by atoms with van der Waals surface area (Å²) in [5.41, 5.74) is 3.19. The Kier molecular flexibility index (Phi) is 6.63. The van der Waals surface area contributed by atoms with Gasteiger partial charge in [-0.2, -0.15) is 5.10 Å². The minimum Gasteiger partial charge on any atom is -0.489 e. The first-order chi connectivity index (χ1) is 16.4. The van der Waals surface area contributed by atoms with Gasteiger partial charge in [-0.25, -0.2) is 4.39 Å². The lowest BCUT2D eigenvalue weighted by Crippen LogP contribution is -2.12. The number of hydrogen-bond donors (Lipinski definition) is 1. The van der Waals surface area contributed by atoms with Gasteiger partial charge in [-0.15, -0.1) is 0 Å². The van der Waals surface area contributed by atoms with Crippen LogP contribution in [0.5, 0.6) is 5.75 Å². The highest BCUT2D eigenvalue weighted by Gasteiger charge is 2.12. The molecule has 0 radical (unpaired) electrons. The third-order valence-corrected chi connectivity index (χ3v) is 5.11. The van der Waals surface area contributed by atoms with Crippen LogP contribution in [0.4, 0.5) is 15.8 Å². The Hall–Kier alpha value is -4.53. The van der Waals surface area contributed by atoms with E-state index in [1.807, 2.05) is 6.07 Å². The first-order valence-corrected chi connectivity index (χ1v) is 10.4. The molecule has 3 aromatic carbocycles. The topological polar surface area (TPSA) is 99.3 Å². The average Bonchev–Trinajstić information content (AvgIpc) is 3.25. The molecule has 0 aliphatic carbocycles. The fourth-order valence-electron chi connectivity index (χ4n) is 3.39. The Morgan fingerprint density at radius 2 is 1.91 bits per heavy atom. The van der Waals surface area contributed by atoms with Crippen LogP contribution in [0.25, 0.3) is 0 Å². The normalized spacial score (nSPS) is 10.6. The van der Waals surface area contributed by atoms with Gasteiger partial charge >= 0.3 is 0 Å². The Balaban J connectivity index is 1.36. The van der Waals surface area contributed by atoms with Gasteiger partial charge in [0.2, 0.25) is 0 Å². The van der Waals surface area contributed by atoms with Crippen molar-refractivity contribution in [3.8, 4) is 5.75 Å². The molecule has 0 unspecified atom stereocenters. The van der Waals surface area contributed by atoms with Gasteiger partial charge in [0.1, 0.15) is 18.2 Å². The minimum absolute atomic E-state index is 0.0343. The van der Waals surface area contributed by atoms with E-state index in [1.54, 1.807) is 66.5 Å². The van der Waals surface area contributed by atoms with E-state index in [9.17, 15) is 19.3 Å². The van der Waals surface area contributed by atoms with E-state index in [-0.39, 0.29) is 24.0 Å². The number of ether oxygens (including phenoxy) is 1. The molecule has 4 aromatic rings. The van der Waals surface area contributed by atoms with E-state index in [4.69, 9.17) is 4.74 Å². The number of rotatable bonds is 8. The fraction of sp³-hybridized carbons (Fsp3) is 0.120. The van der Waals surface area contributed by atoms with Crippen LogP contribution in [0.2, 0.25) is 0 Å². The molecule has 0 aliphatic rings. The van der Waals surface area contributed by atoms with Gasteiger partial charge < -0.3 is 10.1 Å². The number of nitro groups is 1. The van der Waals surface area contributed by atoms with Crippen molar-refractivity contribution in [3.05, 3.63) is 117 Å². The van der Waals surface area contributed by atoms with Gasteiger partial charge in [-0.1, -0.05) is 24.3 Å². The molecule has 4 rings (SSSR count). The lowest BCUT2D eigenvalue weighted by molar-refractivity contribution is -0.385. The summed E-state index contributed by atoms with van der Waals surface area (Å²) in [7, 11) is 0. The maximum atomic E-state index is 13.1. The van der Waals surface area contributed by atoms with Crippen LogP contribution in [0.3, 0.4) is 0 Å². The summed E-state index contributed by atoms with van der Waals surface area (Å²) in [6.45, 7) is 2.30. The molecule has 34 heavy (non-hydrogen) atoms. The molecule has 172 valence electrons. The third kappa shape index (κ3) is 5.63. The van der Waals surface area contributed by atoms with Crippen LogP contribution in [0.1, 0.15) is 27.0 Å². The van der Waals surface area contributed by atoms with Crippen molar-refractivity contribution in [1.82, 2.24) is 9.78 Å². The summed E-state index contributed by atoms with van der Waals surface area (Å²) in [6, 6.07) is 17.7. The Labute approximate surface area is 194 Å².